The van der Waals surface area contributed by atoms with Crippen molar-refractivity contribution < 1.29 is 4.79 Å². The third-order valence-electron chi connectivity index (χ3n) is 3.65. The first-order valence-electron chi connectivity index (χ1n) is 6.67. The maximum absolute atomic E-state index is 12.5. The van der Waals surface area contributed by atoms with Gasteiger partial charge in [0.25, 0.3) is 5.91 Å². The minimum atomic E-state index is 0.161. The number of carbonyl (C=O) groups is 1. The largest absolute Gasteiger partial charge is 0.334 e. The molecule has 0 radical (unpaired) electrons. The lowest BCUT2D eigenvalue weighted by Gasteiger charge is -2.29. The molecule has 0 unspecified atom stereocenters. The van der Waals surface area contributed by atoms with Crippen molar-refractivity contribution in [3.8, 4) is 0 Å². The molecule has 2 aromatic carbocycles. The molecule has 1 amide bonds. The molecule has 0 bridgehead atoms. The van der Waals surface area contributed by atoms with Gasteiger partial charge in [0.1, 0.15) is 0 Å². The van der Waals surface area contributed by atoms with Gasteiger partial charge in [-0.05, 0) is 30.5 Å². The van der Waals surface area contributed by atoms with Crippen molar-refractivity contribution in [3.05, 3.63) is 70.8 Å². The lowest BCUT2D eigenvalue weighted by Crippen LogP contribution is -2.37. The van der Waals surface area contributed by atoms with E-state index < -0.39 is 0 Å². The maximum atomic E-state index is 12.5. The van der Waals surface area contributed by atoms with Crippen LogP contribution in [0.15, 0.2) is 48.5 Å². The second kappa shape index (κ2) is 4.88. The van der Waals surface area contributed by atoms with Gasteiger partial charge >= 0.3 is 0 Å². The second-order valence-corrected chi connectivity index (χ2v) is 5.12. The molecule has 0 saturated carbocycles. The lowest BCUT2D eigenvalue weighted by molar-refractivity contribution is 0.0727. The van der Waals surface area contributed by atoms with Gasteiger partial charge in [0, 0.05) is 18.7 Å². The molecule has 0 fully saturated rings. The van der Waals surface area contributed by atoms with E-state index in [0.29, 0.717) is 6.54 Å². The highest BCUT2D eigenvalue weighted by molar-refractivity contribution is 5.96. The first-order chi connectivity index (χ1) is 9.24. The molecule has 0 spiro atoms. The summed E-state index contributed by atoms with van der Waals surface area (Å²) in [7, 11) is 0. The number of hydrogen-bond acceptors (Lipinski definition) is 1. The highest BCUT2D eigenvalue weighted by Crippen LogP contribution is 2.21. The number of hydrogen-bond donors (Lipinski definition) is 0. The van der Waals surface area contributed by atoms with E-state index in [9.17, 15) is 4.79 Å². The molecule has 2 aromatic rings. The Kier molecular flexibility index (Phi) is 3.08. The fourth-order valence-corrected chi connectivity index (χ4v) is 2.59. The van der Waals surface area contributed by atoms with Crippen LogP contribution < -0.4 is 0 Å². The standard InChI is InChI=1S/C17H17NO/c1-13-7-8-15-9-10-18(17(19)16(15)11-13)12-14-5-3-2-4-6-14/h2-8,11H,9-10,12H2,1H3. The van der Waals surface area contributed by atoms with E-state index in [4.69, 9.17) is 0 Å². The highest BCUT2D eigenvalue weighted by Gasteiger charge is 2.24. The van der Waals surface area contributed by atoms with Crippen molar-refractivity contribution in [3.63, 3.8) is 0 Å². The molecule has 19 heavy (non-hydrogen) atoms. The van der Waals surface area contributed by atoms with Gasteiger partial charge in [0.15, 0.2) is 0 Å². The topological polar surface area (TPSA) is 20.3 Å². The summed E-state index contributed by atoms with van der Waals surface area (Å²) in [5, 5.41) is 0. The summed E-state index contributed by atoms with van der Waals surface area (Å²) in [6.45, 7) is 3.54. The van der Waals surface area contributed by atoms with Crippen molar-refractivity contribution in [2.45, 2.75) is 19.9 Å². The molecule has 1 aliphatic heterocycles. The van der Waals surface area contributed by atoms with Crippen LogP contribution in [-0.4, -0.2) is 17.4 Å². The Balaban J connectivity index is 1.85. The van der Waals surface area contributed by atoms with Crippen molar-refractivity contribution >= 4 is 5.91 Å². The number of benzene rings is 2. The van der Waals surface area contributed by atoms with E-state index in [1.54, 1.807) is 0 Å². The quantitative estimate of drug-likeness (QED) is 0.802. The number of fused-ring (bicyclic) bond motifs is 1. The summed E-state index contributed by atoms with van der Waals surface area (Å²) in [5.74, 6) is 0.161. The Labute approximate surface area is 113 Å². The fraction of sp³-hybridized carbons (Fsp3) is 0.235. The second-order valence-electron chi connectivity index (χ2n) is 5.12. The van der Waals surface area contributed by atoms with Crippen molar-refractivity contribution in [2.24, 2.45) is 0 Å². The van der Waals surface area contributed by atoms with Gasteiger partial charge in [-0.15, -0.1) is 0 Å². The third kappa shape index (κ3) is 2.39. The van der Waals surface area contributed by atoms with Gasteiger partial charge in [0.05, 0.1) is 0 Å². The van der Waals surface area contributed by atoms with E-state index >= 15 is 0 Å². The Morgan fingerprint density at radius 3 is 2.68 bits per heavy atom. The Hall–Kier alpha value is -2.09. The summed E-state index contributed by atoms with van der Waals surface area (Å²) >= 11 is 0. The van der Waals surface area contributed by atoms with Crippen LogP contribution in [0, 0.1) is 6.92 Å². The molecule has 0 N–H and O–H groups in total. The van der Waals surface area contributed by atoms with E-state index in [2.05, 4.69) is 24.3 Å². The Morgan fingerprint density at radius 2 is 1.89 bits per heavy atom. The van der Waals surface area contributed by atoms with E-state index in [-0.39, 0.29) is 5.91 Å². The van der Waals surface area contributed by atoms with Gasteiger partial charge in [0.2, 0.25) is 0 Å². The SMILES string of the molecule is Cc1ccc2c(c1)C(=O)N(Cc1ccccc1)CC2. The van der Waals surface area contributed by atoms with E-state index in [0.717, 1.165) is 24.1 Å². The van der Waals surface area contributed by atoms with Crippen molar-refractivity contribution in [2.75, 3.05) is 6.54 Å². The molecule has 1 heterocycles. The molecular formula is C17H17NO. The van der Waals surface area contributed by atoms with Crippen molar-refractivity contribution in [1.82, 2.24) is 4.90 Å². The van der Waals surface area contributed by atoms with Crippen molar-refractivity contribution in [1.29, 1.82) is 0 Å². The molecule has 2 nitrogen and oxygen atoms in total. The zero-order chi connectivity index (χ0) is 13.2. The predicted octanol–water partition coefficient (Wildman–Crippen LogP) is 3.19. The van der Waals surface area contributed by atoms with E-state index in [1.807, 2.05) is 36.1 Å². The summed E-state index contributed by atoms with van der Waals surface area (Å²) in [6, 6.07) is 16.3. The number of amides is 1. The van der Waals surface area contributed by atoms with Gasteiger partial charge in [-0.3, -0.25) is 4.79 Å². The van der Waals surface area contributed by atoms with Crippen LogP contribution in [0.5, 0.6) is 0 Å². The lowest BCUT2D eigenvalue weighted by atomic mass is 9.96. The van der Waals surface area contributed by atoms with Gasteiger partial charge in [-0.25, -0.2) is 0 Å². The third-order valence-corrected chi connectivity index (χ3v) is 3.65. The molecule has 0 saturated heterocycles. The first-order valence-corrected chi connectivity index (χ1v) is 6.67. The number of rotatable bonds is 2. The molecule has 0 aliphatic carbocycles. The minimum absolute atomic E-state index is 0.161. The zero-order valence-electron chi connectivity index (χ0n) is 11.1. The smallest absolute Gasteiger partial charge is 0.254 e. The van der Waals surface area contributed by atoms with Crippen LogP contribution in [0.2, 0.25) is 0 Å². The van der Waals surface area contributed by atoms with Crippen LogP contribution in [-0.2, 0) is 13.0 Å². The molecule has 1 aliphatic rings. The summed E-state index contributed by atoms with van der Waals surface area (Å²) in [5.41, 5.74) is 4.39. The molecule has 3 rings (SSSR count). The van der Waals surface area contributed by atoms with E-state index in [1.165, 1.54) is 11.1 Å². The summed E-state index contributed by atoms with van der Waals surface area (Å²) < 4.78 is 0. The van der Waals surface area contributed by atoms with Gasteiger partial charge < -0.3 is 4.90 Å². The highest BCUT2D eigenvalue weighted by atomic mass is 16.2. The maximum Gasteiger partial charge on any atom is 0.254 e. The minimum Gasteiger partial charge on any atom is -0.334 e. The molecule has 96 valence electrons. The van der Waals surface area contributed by atoms with Crippen LogP contribution in [0.1, 0.15) is 27.0 Å². The van der Waals surface area contributed by atoms with Crippen LogP contribution in [0.25, 0.3) is 0 Å². The Morgan fingerprint density at radius 1 is 1.11 bits per heavy atom. The van der Waals surface area contributed by atoms with Crippen LogP contribution >= 0.6 is 0 Å². The first kappa shape index (κ1) is 12.0. The molecular weight excluding hydrogens is 234 g/mol. The number of carbonyl (C=O) groups excluding carboxylic acids is 1. The zero-order valence-corrected chi connectivity index (χ0v) is 11.1. The summed E-state index contributed by atoms with van der Waals surface area (Å²) in [4.78, 5) is 14.4. The molecule has 0 atom stereocenters. The average molecular weight is 251 g/mol. The molecule has 0 aromatic heterocycles. The van der Waals surface area contributed by atoms with Crippen LogP contribution in [0.3, 0.4) is 0 Å². The fourth-order valence-electron chi connectivity index (χ4n) is 2.59. The normalized spacial score (nSPS) is 14.4. The predicted molar refractivity (Wildman–Crippen MR) is 76.1 cm³/mol. The summed E-state index contributed by atoms with van der Waals surface area (Å²) in [6.07, 6.45) is 0.953. The molecule has 2 heteroatoms. The van der Waals surface area contributed by atoms with Crippen LogP contribution in [0.4, 0.5) is 0 Å². The number of aryl methyl sites for hydroxylation is 1. The van der Waals surface area contributed by atoms with Gasteiger partial charge in [-0.2, -0.15) is 0 Å². The van der Waals surface area contributed by atoms with Gasteiger partial charge in [-0.1, -0.05) is 48.0 Å². The monoisotopic (exact) mass is 251 g/mol. The Bertz CT molecular complexity index is 604. The number of nitrogens with zero attached hydrogens (tertiary/aromatic N) is 1. The average Bonchev–Trinajstić information content (AvgIpc) is 2.44.